The summed E-state index contributed by atoms with van der Waals surface area (Å²) >= 11 is 0. The third-order valence-corrected chi connectivity index (χ3v) is 12.1. The van der Waals surface area contributed by atoms with Crippen LogP contribution in [-0.4, -0.2) is 126 Å². The number of pyridine rings is 1. The number of carboxylic acids is 1. The molecule has 288 valence electrons. The third-order valence-electron chi connectivity index (χ3n) is 8.41. The molecule has 0 aliphatic carbocycles. The van der Waals surface area contributed by atoms with E-state index in [9.17, 15) is 63.6 Å². The molecular weight excluding hydrogens is 765 g/mol. The first-order valence-electron chi connectivity index (χ1n) is 15.2. The molecule has 0 saturated carbocycles. The fourth-order valence-electron chi connectivity index (χ4n) is 6.02. The lowest BCUT2D eigenvalue weighted by molar-refractivity contribution is -0.736. The van der Waals surface area contributed by atoms with Gasteiger partial charge in [0, 0.05) is 12.1 Å². The lowest BCUT2D eigenvalue weighted by atomic mass is 9.89. The van der Waals surface area contributed by atoms with Crippen molar-refractivity contribution in [1.82, 2.24) is 19.5 Å². The van der Waals surface area contributed by atoms with E-state index < -0.39 is 103 Å². The Bertz CT molecular complexity index is 1890. The Balaban J connectivity index is 1.30. The zero-order valence-electron chi connectivity index (χ0n) is 26.7. The predicted molar refractivity (Wildman–Crippen MR) is 167 cm³/mol. The van der Waals surface area contributed by atoms with Crippen molar-refractivity contribution in [3.05, 3.63) is 43.2 Å². The molecule has 2 saturated heterocycles. The van der Waals surface area contributed by atoms with E-state index in [1.165, 1.54) is 17.0 Å². The molecule has 0 radical (unpaired) electrons. The summed E-state index contributed by atoms with van der Waals surface area (Å²) in [5.74, 6) is -5.42. The number of phosphoric acid groups is 2. The standard InChI is InChI=1S/C25H35N6O18P3/c1-2-11(24(35)36)14(30-6-4-3-5-7-30)18-16(33)17(34)20(47-18)25(37)50(38,39)49-52(43,44)45-8-12-15(32)19(48-51(40,41)42)23(46-12)31-10-29-13-21(26)27-9-28-22(13)31/h3-7,9-12,14-20,23,25,32-34,37H,2,8H2,1H3,(H6-,26,27,28,35,36,38,39,40,41,42,43,44)/p+1/t11?,12-,14?,15-,16-,17+,18-,19-,20-,23-,25?/m1/s1. The Morgan fingerprint density at radius 2 is 1.65 bits per heavy atom. The number of nitrogen functional groups attached to an aromatic ring is 1. The fourth-order valence-corrected chi connectivity index (χ4v) is 9.28. The van der Waals surface area contributed by atoms with Gasteiger partial charge >= 0.3 is 29.2 Å². The number of imidazole rings is 1. The van der Waals surface area contributed by atoms with Crippen LogP contribution in [0.5, 0.6) is 0 Å². The van der Waals surface area contributed by atoms with E-state index in [2.05, 4.69) is 19.3 Å². The molecule has 2 fully saturated rings. The number of nitrogens with two attached hydrogens (primary N) is 1. The largest absolute Gasteiger partial charge is 0.481 e. The number of ether oxygens (including phenoxy) is 2. The molecule has 24 nitrogen and oxygen atoms in total. The van der Waals surface area contributed by atoms with Gasteiger partial charge in [-0.3, -0.25) is 23.0 Å². The molecular formula is C25H36N6O18P3+. The van der Waals surface area contributed by atoms with Gasteiger partial charge in [-0.1, -0.05) is 13.0 Å². The van der Waals surface area contributed by atoms with E-state index in [1.807, 2.05) is 0 Å². The van der Waals surface area contributed by atoms with Gasteiger partial charge in [0.2, 0.25) is 0 Å². The molecule has 5 rings (SSSR count). The van der Waals surface area contributed by atoms with Gasteiger partial charge in [0.05, 0.1) is 12.9 Å². The number of hydrogen-bond donors (Lipinski definition) is 10. The lowest BCUT2D eigenvalue weighted by Gasteiger charge is -2.27. The quantitative estimate of drug-likeness (QED) is 0.0582. The topological polar surface area (TPSA) is 370 Å². The van der Waals surface area contributed by atoms with Crippen LogP contribution in [-0.2, 0) is 41.3 Å². The average Bonchev–Trinajstić information content (AvgIpc) is 3.71. The Labute approximate surface area is 292 Å². The summed E-state index contributed by atoms with van der Waals surface area (Å²) in [7, 11) is -16.8. The summed E-state index contributed by atoms with van der Waals surface area (Å²) in [5.41, 5.74) is 5.78. The van der Waals surface area contributed by atoms with Gasteiger partial charge < -0.3 is 60.3 Å². The molecule has 0 bridgehead atoms. The number of aromatic nitrogens is 5. The van der Waals surface area contributed by atoms with Crippen LogP contribution in [0.4, 0.5) is 5.82 Å². The lowest BCUT2D eigenvalue weighted by Crippen LogP contribution is -2.54. The van der Waals surface area contributed by atoms with E-state index in [0.29, 0.717) is 0 Å². The molecule has 5 unspecified atom stereocenters. The van der Waals surface area contributed by atoms with Crippen LogP contribution in [0.25, 0.3) is 11.2 Å². The van der Waals surface area contributed by atoms with Crippen LogP contribution in [0, 0.1) is 5.92 Å². The van der Waals surface area contributed by atoms with Gasteiger partial charge in [-0.05, 0) is 6.42 Å². The molecule has 11 N–H and O–H groups in total. The molecule has 0 aromatic carbocycles. The molecule has 0 spiro atoms. The summed E-state index contributed by atoms with van der Waals surface area (Å²) in [6.45, 7) is 0.388. The van der Waals surface area contributed by atoms with Crippen LogP contribution >= 0.6 is 23.2 Å². The molecule has 2 aliphatic rings. The monoisotopic (exact) mass is 801 g/mol. The molecule has 5 heterocycles. The number of nitrogens with zero attached hydrogens (tertiary/aromatic N) is 5. The van der Waals surface area contributed by atoms with Crippen LogP contribution in [0.2, 0.25) is 0 Å². The average molecular weight is 802 g/mol. The van der Waals surface area contributed by atoms with Gasteiger partial charge in [-0.2, -0.15) is 4.57 Å². The highest BCUT2D eigenvalue weighted by Crippen LogP contribution is 2.63. The van der Waals surface area contributed by atoms with Crippen LogP contribution < -0.4 is 10.3 Å². The number of aliphatic hydroxyl groups is 4. The summed E-state index contributed by atoms with van der Waals surface area (Å²) < 4.78 is 65.1. The molecule has 2 aliphatic heterocycles. The van der Waals surface area contributed by atoms with E-state index in [1.54, 1.807) is 25.1 Å². The number of rotatable bonds is 15. The number of carbonyl (C=O) groups is 1. The van der Waals surface area contributed by atoms with Crippen LogP contribution in [0.1, 0.15) is 25.6 Å². The van der Waals surface area contributed by atoms with E-state index in [-0.39, 0.29) is 23.4 Å². The highest BCUT2D eigenvalue weighted by Gasteiger charge is 2.59. The first-order chi connectivity index (χ1) is 24.3. The molecule has 0 amide bonds. The van der Waals surface area contributed by atoms with E-state index in [4.69, 9.17) is 24.3 Å². The number of phosphoric ester groups is 2. The second-order valence-electron chi connectivity index (χ2n) is 11.7. The van der Waals surface area contributed by atoms with Crippen molar-refractivity contribution in [2.45, 2.75) is 74.2 Å². The normalized spacial score (nSPS) is 30.8. The van der Waals surface area contributed by atoms with Crippen molar-refractivity contribution >= 4 is 46.2 Å². The Morgan fingerprint density at radius 1 is 1.00 bits per heavy atom. The SMILES string of the molecule is CCC(C(=O)O)C([C@H]1O[C@@H](C(O)P(=O)(O)OP(=O)(O)OC[C@H]2O[C@@H](n3cnc4c(N)ncnc43)[C@H](OP(=O)(O)O)[C@@H]2O)[C@@H](O)[C@H]1O)[n+]1ccccc1. The second kappa shape index (κ2) is 15.5. The van der Waals surface area contributed by atoms with Crippen molar-refractivity contribution in [2.24, 2.45) is 5.92 Å². The summed E-state index contributed by atoms with van der Waals surface area (Å²) in [5, 5.41) is 53.1. The Hall–Kier alpha value is -2.86. The maximum atomic E-state index is 13.1. The summed E-state index contributed by atoms with van der Waals surface area (Å²) in [6, 6.07) is 3.50. The predicted octanol–water partition coefficient (Wildman–Crippen LogP) is -2.09. The minimum Gasteiger partial charge on any atom is -0.481 e. The summed E-state index contributed by atoms with van der Waals surface area (Å²) in [6.07, 6.45) is -10.0. The first kappa shape index (κ1) is 40.3. The number of aliphatic carboxylic acids is 1. The van der Waals surface area contributed by atoms with Crippen LogP contribution in [0.3, 0.4) is 0 Å². The first-order valence-corrected chi connectivity index (χ1v) is 19.8. The minimum atomic E-state index is -5.77. The van der Waals surface area contributed by atoms with Gasteiger partial charge in [0.25, 0.3) is 0 Å². The van der Waals surface area contributed by atoms with E-state index in [0.717, 1.165) is 17.2 Å². The van der Waals surface area contributed by atoms with Crippen molar-refractivity contribution < 1.29 is 91.0 Å². The number of fused-ring (bicyclic) bond motifs is 1. The van der Waals surface area contributed by atoms with Crippen molar-refractivity contribution in [3.8, 4) is 0 Å². The fraction of sp³-hybridized carbons (Fsp3) is 0.560. The van der Waals surface area contributed by atoms with Gasteiger partial charge in [-0.15, -0.1) is 0 Å². The van der Waals surface area contributed by atoms with Crippen LogP contribution in [0.15, 0.2) is 43.2 Å². The number of hydrogen-bond acceptors (Lipinski definition) is 17. The van der Waals surface area contributed by atoms with Gasteiger partial charge in [0.15, 0.2) is 42.0 Å². The highest BCUT2D eigenvalue weighted by atomic mass is 31.3. The maximum Gasteiger partial charge on any atom is 0.479 e. The molecule has 3 aromatic heterocycles. The van der Waals surface area contributed by atoms with Crippen molar-refractivity contribution in [3.63, 3.8) is 0 Å². The zero-order chi connectivity index (χ0) is 38.3. The summed E-state index contributed by atoms with van der Waals surface area (Å²) in [4.78, 5) is 63.6. The number of aliphatic hydroxyl groups excluding tert-OH is 4. The Morgan fingerprint density at radius 3 is 2.27 bits per heavy atom. The smallest absolute Gasteiger partial charge is 0.479 e. The number of anilines is 1. The highest BCUT2D eigenvalue weighted by molar-refractivity contribution is 7.64. The number of carboxylic acid groups (broad SMARTS) is 1. The minimum absolute atomic E-state index is 0.0126. The molecule has 3 aromatic rings. The maximum absolute atomic E-state index is 13.1. The van der Waals surface area contributed by atoms with Crippen molar-refractivity contribution in [2.75, 3.05) is 12.3 Å². The molecule has 27 heteroatoms. The van der Waals surface area contributed by atoms with Gasteiger partial charge in [0.1, 0.15) is 60.5 Å². The molecule has 52 heavy (non-hydrogen) atoms. The second-order valence-corrected chi connectivity index (χ2v) is 16.4. The third kappa shape index (κ3) is 8.43. The van der Waals surface area contributed by atoms with Gasteiger partial charge in [-0.25, -0.2) is 28.4 Å². The zero-order valence-corrected chi connectivity index (χ0v) is 29.3. The molecule has 13 atom stereocenters. The van der Waals surface area contributed by atoms with E-state index >= 15 is 0 Å². The Kier molecular flexibility index (Phi) is 12.0. The van der Waals surface area contributed by atoms with Crippen molar-refractivity contribution in [1.29, 1.82) is 0 Å².